The number of oxime groups is 1. The van der Waals surface area contributed by atoms with E-state index in [-0.39, 0.29) is 11.7 Å². The summed E-state index contributed by atoms with van der Waals surface area (Å²) in [6.07, 6.45) is 1.56. The second-order valence-corrected chi connectivity index (χ2v) is 4.59. The van der Waals surface area contributed by atoms with Crippen molar-refractivity contribution in [3.05, 3.63) is 46.6 Å². The van der Waals surface area contributed by atoms with Gasteiger partial charge >= 0.3 is 0 Å². The Morgan fingerprint density at radius 3 is 2.85 bits per heavy atom. The Hall–Kier alpha value is -2.28. The second-order valence-electron chi connectivity index (χ2n) is 3.74. The highest BCUT2D eigenvalue weighted by Gasteiger charge is 2.12. The standard InChI is InChI=1S/C13H12BrN3O3/c1-19-8-4-5-11(10(14)7-8)20-13-9(12(15)17-18)3-2-6-16-13/h2-7,18H,1H3,(H2,15,17). The predicted octanol–water partition coefficient (Wildman–Crippen LogP) is 2.74. The summed E-state index contributed by atoms with van der Waals surface area (Å²) in [5.74, 6) is 1.41. The first-order valence-corrected chi connectivity index (χ1v) is 6.39. The summed E-state index contributed by atoms with van der Waals surface area (Å²) in [4.78, 5) is 4.08. The van der Waals surface area contributed by atoms with Crippen molar-refractivity contribution in [1.82, 2.24) is 4.98 Å². The Morgan fingerprint density at radius 2 is 2.20 bits per heavy atom. The number of amidine groups is 1. The Labute approximate surface area is 124 Å². The molecule has 6 nitrogen and oxygen atoms in total. The molecular weight excluding hydrogens is 326 g/mol. The number of benzene rings is 1. The number of hydrogen-bond donors (Lipinski definition) is 2. The van der Waals surface area contributed by atoms with E-state index in [0.717, 1.165) is 0 Å². The van der Waals surface area contributed by atoms with Gasteiger partial charge in [0.1, 0.15) is 11.5 Å². The van der Waals surface area contributed by atoms with Crippen LogP contribution in [0.2, 0.25) is 0 Å². The molecule has 0 amide bonds. The van der Waals surface area contributed by atoms with E-state index < -0.39 is 0 Å². The first kappa shape index (κ1) is 14.1. The van der Waals surface area contributed by atoms with Crippen molar-refractivity contribution in [2.75, 3.05) is 7.11 Å². The molecule has 2 rings (SSSR count). The molecule has 0 radical (unpaired) electrons. The number of ether oxygens (including phenoxy) is 2. The van der Waals surface area contributed by atoms with E-state index in [1.54, 1.807) is 43.6 Å². The third-order valence-corrected chi connectivity index (χ3v) is 3.12. The van der Waals surface area contributed by atoms with Crippen LogP contribution in [0.25, 0.3) is 0 Å². The van der Waals surface area contributed by atoms with Crippen LogP contribution in [0.3, 0.4) is 0 Å². The Bertz CT molecular complexity index is 647. The molecule has 1 heterocycles. The van der Waals surface area contributed by atoms with Crippen LogP contribution in [0.15, 0.2) is 46.2 Å². The predicted molar refractivity (Wildman–Crippen MR) is 77.5 cm³/mol. The molecule has 0 aliphatic heterocycles. The zero-order valence-corrected chi connectivity index (χ0v) is 12.2. The Balaban J connectivity index is 2.35. The third-order valence-electron chi connectivity index (χ3n) is 2.50. The molecule has 0 unspecified atom stereocenters. The van der Waals surface area contributed by atoms with E-state index in [1.807, 2.05) is 0 Å². The van der Waals surface area contributed by atoms with Gasteiger partial charge in [0, 0.05) is 6.20 Å². The molecule has 0 fully saturated rings. The maximum absolute atomic E-state index is 8.76. The van der Waals surface area contributed by atoms with E-state index in [9.17, 15) is 0 Å². The number of aromatic nitrogens is 1. The minimum Gasteiger partial charge on any atom is -0.497 e. The highest BCUT2D eigenvalue weighted by molar-refractivity contribution is 9.10. The van der Waals surface area contributed by atoms with Crippen molar-refractivity contribution in [3.63, 3.8) is 0 Å². The van der Waals surface area contributed by atoms with Crippen LogP contribution in [-0.2, 0) is 0 Å². The van der Waals surface area contributed by atoms with Gasteiger partial charge in [-0.1, -0.05) is 5.16 Å². The zero-order valence-electron chi connectivity index (χ0n) is 10.6. The van der Waals surface area contributed by atoms with Crippen molar-refractivity contribution in [2.45, 2.75) is 0 Å². The number of halogens is 1. The van der Waals surface area contributed by atoms with Gasteiger partial charge in [-0.25, -0.2) is 4.98 Å². The summed E-state index contributed by atoms with van der Waals surface area (Å²) in [6.45, 7) is 0. The van der Waals surface area contributed by atoms with Gasteiger partial charge in [-0.3, -0.25) is 0 Å². The average molecular weight is 338 g/mol. The first-order chi connectivity index (χ1) is 9.65. The molecule has 0 atom stereocenters. The number of methoxy groups -OCH3 is 1. The molecular formula is C13H12BrN3O3. The van der Waals surface area contributed by atoms with Gasteiger partial charge in [-0.05, 0) is 46.3 Å². The molecule has 0 bridgehead atoms. The normalized spacial score (nSPS) is 11.2. The van der Waals surface area contributed by atoms with E-state index in [2.05, 4.69) is 26.1 Å². The second kappa shape index (κ2) is 6.25. The quantitative estimate of drug-likeness (QED) is 0.387. The lowest BCUT2D eigenvalue weighted by Crippen LogP contribution is -2.14. The van der Waals surface area contributed by atoms with Gasteiger partial charge in [-0.15, -0.1) is 0 Å². The molecule has 0 aliphatic rings. The van der Waals surface area contributed by atoms with Crippen molar-refractivity contribution in [1.29, 1.82) is 0 Å². The van der Waals surface area contributed by atoms with Crippen LogP contribution < -0.4 is 15.2 Å². The molecule has 1 aromatic carbocycles. The number of nitrogens with two attached hydrogens (primary N) is 1. The topological polar surface area (TPSA) is 90.0 Å². The fourth-order valence-electron chi connectivity index (χ4n) is 1.52. The Morgan fingerprint density at radius 1 is 1.40 bits per heavy atom. The van der Waals surface area contributed by atoms with Crippen molar-refractivity contribution >= 4 is 21.8 Å². The van der Waals surface area contributed by atoms with E-state index in [0.29, 0.717) is 21.5 Å². The summed E-state index contributed by atoms with van der Waals surface area (Å²) >= 11 is 3.38. The monoisotopic (exact) mass is 337 g/mol. The van der Waals surface area contributed by atoms with Crippen LogP contribution in [-0.4, -0.2) is 23.1 Å². The van der Waals surface area contributed by atoms with Crippen LogP contribution in [0, 0.1) is 0 Å². The summed E-state index contributed by atoms with van der Waals surface area (Å²) in [6, 6.07) is 8.57. The number of pyridine rings is 1. The molecule has 20 heavy (non-hydrogen) atoms. The van der Waals surface area contributed by atoms with Crippen molar-refractivity contribution in [2.24, 2.45) is 10.9 Å². The van der Waals surface area contributed by atoms with Gasteiger partial charge in [0.05, 0.1) is 17.1 Å². The van der Waals surface area contributed by atoms with Crippen LogP contribution in [0.1, 0.15) is 5.56 Å². The average Bonchev–Trinajstić information content (AvgIpc) is 2.49. The van der Waals surface area contributed by atoms with Crippen LogP contribution in [0.4, 0.5) is 0 Å². The first-order valence-electron chi connectivity index (χ1n) is 5.60. The molecule has 104 valence electrons. The third kappa shape index (κ3) is 3.00. The molecule has 0 spiro atoms. The summed E-state index contributed by atoms with van der Waals surface area (Å²) < 4.78 is 11.5. The molecule has 7 heteroatoms. The maximum atomic E-state index is 8.76. The largest absolute Gasteiger partial charge is 0.497 e. The van der Waals surface area contributed by atoms with Gasteiger partial charge in [0.25, 0.3) is 0 Å². The molecule has 2 aromatic rings. The van der Waals surface area contributed by atoms with Gasteiger partial charge in [0.2, 0.25) is 5.88 Å². The number of hydrogen-bond acceptors (Lipinski definition) is 5. The van der Waals surface area contributed by atoms with Gasteiger partial charge in [0.15, 0.2) is 5.84 Å². The molecule has 0 saturated heterocycles. The fraction of sp³-hybridized carbons (Fsp3) is 0.0769. The molecule has 0 saturated carbocycles. The Kier molecular flexibility index (Phi) is 4.41. The lowest BCUT2D eigenvalue weighted by Gasteiger charge is -2.11. The fourth-order valence-corrected chi connectivity index (χ4v) is 1.96. The molecule has 0 aliphatic carbocycles. The molecule has 3 N–H and O–H groups in total. The summed E-state index contributed by atoms with van der Waals surface area (Å²) in [7, 11) is 1.58. The van der Waals surface area contributed by atoms with E-state index in [1.165, 1.54) is 0 Å². The number of rotatable bonds is 4. The minimum absolute atomic E-state index is 0.0715. The van der Waals surface area contributed by atoms with Crippen LogP contribution in [0.5, 0.6) is 17.4 Å². The highest BCUT2D eigenvalue weighted by atomic mass is 79.9. The SMILES string of the molecule is COc1ccc(Oc2ncccc2/C(N)=N/O)c(Br)c1. The molecule has 1 aromatic heterocycles. The van der Waals surface area contributed by atoms with E-state index >= 15 is 0 Å². The van der Waals surface area contributed by atoms with Gasteiger partial charge < -0.3 is 20.4 Å². The maximum Gasteiger partial charge on any atom is 0.230 e. The van der Waals surface area contributed by atoms with Crippen molar-refractivity contribution < 1.29 is 14.7 Å². The lowest BCUT2D eigenvalue weighted by atomic mass is 10.2. The zero-order chi connectivity index (χ0) is 14.5. The van der Waals surface area contributed by atoms with Crippen molar-refractivity contribution in [3.8, 4) is 17.4 Å². The van der Waals surface area contributed by atoms with Gasteiger partial charge in [-0.2, -0.15) is 0 Å². The summed E-state index contributed by atoms with van der Waals surface area (Å²) in [5, 5.41) is 11.7. The van der Waals surface area contributed by atoms with Crippen LogP contribution >= 0.6 is 15.9 Å². The highest BCUT2D eigenvalue weighted by Crippen LogP contribution is 2.33. The minimum atomic E-state index is -0.0715. The lowest BCUT2D eigenvalue weighted by molar-refractivity contribution is 0.318. The van der Waals surface area contributed by atoms with E-state index in [4.69, 9.17) is 20.4 Å². The summed E-state index contributed by atoms with van der Waals surface area (Å²) in [5.41, 5.74) is 5.98. The smallest absolute Gasteiger partial charge is 0.230 e. The number of nitrogens with zero attached hydrogens (tertiary/aromatic N) is 2.